The van der Waals surface area contributed by atoms with Gasteiger partial charge < -0.3 is 0 Å². The van der Waals surface area contributed by atoms with Gasteiger partial charge in [0.05, 0.1) is 10.6 Å². The van der Waals surface area contributed by atoms with E-state index in [2.05, 4.69) is 43.2 Å². The Morgan fingerprint density at radius 3 is 2.12 bits per heavy atom. The van der Waals surface area contributed by atoms with E-state index >= 15 is 0 Å². The third kappa shape index (κ3) is 5.26. The van der Waals surface area contributed by atoms with Gasteiger partial charge in [0.1, 0.15) is 0 Å². The molecule has 0 aliphatic rings. The Kier molecular flexibility index (Phi) is 7.17. The molecular weight excluding hydrogens is 442 g/mol. The van der Waals surface area contributed by atoms with Gasteiger partial charge in [-0.25, -0.2) is 13.4 Å². The van der Waals surface area contributed by atoms with Crippen molar-refractivity contribution in [3.8, 4) is 11.3 Å². The summed E-state index contributed by atoms with van der Waals surface area (Å²) in [5, 5.41) is 5.19. The van der Waals surface area contributed by atoms with Crippen LogP contribution < -0.4 is 5.32 Å². The first kappa shape index (κ1) is 24.1. The smallest absolute Gasteiger partial charge is 0.257 e. The third-order valence-corrected chi connectivity index (χ3v) is 8.05. The molecule has 0 fully saturated rings. The predicted octanol–water partition coefficient (Wildman–Crippen LogP) is 5.39. The number of carbonyl (C=O) groups is 1. The van der Waals surface area contributed by atoms with Gasteiger partial charge in [-0.05, 0) is 35.2 Å². The lowest BCUT2D eigenvalue weighted by Gasteiger charge is -2.18. The van der Waals surface area contributed by atoms with E-state index in [9.17, 15) is 13.2 Å². The number of aromatic nitrogens is 1. The summed E-state index contributed by atoms with van der Waals surface area (Å²) >= 11 is 1.35. The van der Waals surface area contributed by atoms with Crippen molar-refractivity contribution in [2.75, 3.05) is 18.4 Å². The first-order valence-electron chi connectivity index (χ1n) is 10.5. The van der Waals surface area contributed by atoms with Crippen molar-refractivity contribution < 1.29 is 13.2 Å². The van der Waals surface area contributed by atoms with Crippen LogP contribution in [0.15, 0.2) is 58.8 Å². The molecule has 32 heavy (non-hydrogen) atoms. The van der Waals surface area contributed by atoms with Gasteiger partial charge in [0.15, 0.2) is 5.13 Å². The predicted molar refractivity (Wildman–Crippen MR) is 131 cm³/mol. The first-order chi connectivity index (χ1) is 15.1. The minimum absolute atomic E-state index is 0.0833. The SMILES string of the molecule is CCN(CC)S(=O)(=O)c1ccc(C(=O)Nc2nc(-c3ccc(C(C)(C)C)cc3)cs2)cc1. The van der Waals surface area contributed by atoms with Gasteiger partial charge in [0.25, 0.3) is 5.91 Å². The Morgan fingerprint density at radius 1 is 1.00 bits per heavy atom. The molecule has 1 amide bonds. The fraction of sp³-hybridized carbons (Fsp3) is 0.333. The highest BCUT2D eigenvalue weighted by Gasteiger charge is 2.22. The molecule has 1 N–H and O–H groups in total. The number of sulfonamides is 1. The largest absolute Gasteiger partial charge is 0.298 e. The number of hydrogen-bond acceptors (Lipinski definition) is 5. The van der Waals surface area contributed by atoms with Crippen molar-refractivity contribution in [2.24, 2.45) is 0 Å². The van der Waals surface area contributed by atoms with Gasteiger partial charge in [0.2, 0.25) is 10.0 Å². The molecule has 0 spiro atoms. The maximum Gasteiger partial charge on any atom is 0.257 e. The summed E-state index contributed by atoms with van der Waals surface area (Å²) in [5.41, 5.74) is 3.48. The summed E-state index contributed by atoms with van der Waals surface area (Å²) in [6.07, 6.45) is 0. The minimum Gasteiger partial charge on any atom is -0.298 e. The Bertz CT molecular complexity index is 1170. The Labute approximate surface area is 194 Å². The Hall–Kier alpha value is -2.55. The topological polar surface area (TPSA) is 79.4 Å². The second kappa shape index (κ2) is 9.52. The lowest BCUT2D eigenvalue weighted by Crippen LogP contribution is -2.30. The lowest BCUT2D eigenvalue weighted by molar-refractivity contribution is 0.102. The zero-order valence-corrected chi connectivity index (χ0v) is 20.7. The fourth-order valence-corrected chi connectivity index (χ4v) is 5.44. The van der Waals surface area contributed by atoms with E-state index in [-0.39, 0.29) is 16.2 Å². The normalized spacial score (nSPS) is 12.2. The Morgan fingerprint density at radius 2 is 1.59 bits per heavy atom. The molecule has 0 bridgehead atoms. The molecule has 170 valence electrons. The quantitative estimate of drug-likeness (QED) is 0.501. The van der Waals surface area contributed by atoms with Crippen molar-refractivity contribution >= 4 is 32.4 Å². The number of thiazole rings is 1. The number of carbonyl (C=O) groups excluding carboxylic acids is 1. The summed E-state index contributed by atoms with van der Waals surface area (Å²) in [6.45, 7) is 10.9. The van der Waals surface area contributed by atoms with Crippen molar-refractivity contribution in [1.82, 2.24) is 9.29 Å². The molecule has 6 nitrogen and oxygen atoms in total. The van der Waals surface area contributed by atoms with Crippen LogP contribution in [-0.4, -0.2) is 36.7 Å². The van der Waals surface area contributed by atoms with E-state index in [4.69, 9.17) is 0 Å². The zero-order valence-electron chi connectivity index (χ0n) is 19.0. The maximum atomic E-state index is 12.6. The van der Waals surface area contributed by atoms with Crippen LogP contribution in [0.25, 0.3) is 11.3 Å². The molecule has 8 heteroatoms. The molecule has 3 aromatic rings. The summed E-state index contributed by atoms with van der Waals surface area (Å²) in [6, 6.07) is 14.2. The molecule has 2 aromatic carbocycles. The molecule has 0 radical (unpaired) electrons. The Balaban J connectivity index is 1.71. The maximum absolute atomic E-state index is 12.6. The highest BCUT2D eigenvalue weighted by atomic mass is 32.2. The molecule has 1 aromatic heterocycles. The van der Waals surface area contributed by atoms with Crippen LogP contribution in [-0.2, 0) is 15.4 Å². The van der Waals surface area contributed by atoms with Crippen molar-refractivity contribution in [1.29, 1.82) is 0 Å². The fourth-order valence-electron chi connectivity index (χ4n) is 3.26. The molecular formula is C24H29N3O3S2. The van der Waals surface area contributed by atoms with Crippen molar-refractivity contribution in [2.45, 2.75) is 44.9 Å². The van der Waals surface area contributed by atoms with E-state index < -0.39 is 10.0 Å². The first-order valence-corrected chi connectivity index (χ1v) is 12.9. The second-order valence-corrected chi connectivity index (χ2v) is 11.2. The summed E-state index contributed by atoms with van der Waals surface area (Å²) in [5.74, 6) is -0.333. The molecule has 1 heterocycles. The van der Waals surface area contributed by atoms with E-state index in [1.54, 1.807) is 13.8 Å². The highest BCUT2D eigenvalue weighted by Crippen LogP contribution is 2.28. The monoisotopic (exact) mass is 471 g/mol. The third-order valence-electron chi connectivity index (χ3n) is 5.23. The average Bonchev–Trinajstić information content (AvgIpc) is 3.22. The van der Waals surface area contributed by atoms with Gasteiger partial charge in [-0.15, -0.1) is 11.3 Å². The number of amides is 1. The molecule has 0 saturated carbocycles. The van der Waals surface area contributed by atoms with Crippen molar-refractivity contribution in [3.05, 3.63) is 65.0 Å². The number of hydrogen-bond donors (Lipinski definition) is 1. The number of nitrogens with zero attached hydrogens (tertiary/aromatic N) is 2. The summed E-state index contributed by atoms with van der Waals surface area (Å²) < 4.78 is 26.6. The number of rotatable bonds is 7. The highest BCUT2D eigenvalue weighted by molar-refractivity contribution is 7.89. The van der Waals surface area contributed by atoms with Gasteiger partial charge >= 0.3 is 0 Å². The minimum atomic E-state index is -3.55. The second-order valence-electron chi connectivity index (χ2n) is 8.43. The van der Waals surface area contributed by atoms with Crippen LogP contribution in [0.2, 0.25) is 0 Å². The van der Waals surface area contributed by atoms with E-state index in [0.717, 1.165) is 11.3 Å². The molecule has 0 aliphatic carbocycles. The van der Waals surface area contributed by atoms with Gasteiger partial charge in [0, 0.05) is 29.6 Å². The van der Waals surface area contributed by atoms with Crippen molar-refractivity contribution in [3.63, 3.8) is 0 Å². The van der Waals surface area contributed by atoms with Gasteiger partial charge in [-0.3, -0.25) is 10.1 Å². The zero-order chi connectivity index (χ0) is 23.5. The van der Waals surface area contributed by atoms with Gasteiger partial charge in [-0.2, -0.15) is 4.31 Å². The summed E-state index contributed by atoms with van der Waals surface area (Å²) in [4.78, 5) is 17.3. The van der Waals surface area contributed by atoms with Gasteiger partial charge in [-0.1, -0.05) is 58.9 Å². The average molecular weight is 472 g/mol. The van der Waals surface area contributed by atoms with E-state index in [1.165, 1.54) is 45.5 Å². The van der Waals surface area contributed by atoms with Crippen LogP contribution in [0.3, 0.4) is 0 Å². The molecule has 0 aliphatic heterocycles. The van der Waals surface area contributed by atoms with Crippen LogP contribution in [0.5, 0.6) is 0 Å². The summed E-state index contributed by atoms with van der Waals surface area (Å²) in [7, 11) is -3.55. The molecule has 3 rings (SSSR count). The molecule has 0 atom stereocenters. The number of anilines is 1. The van der Waals surface area contributed by atoms with E-state index in [1.807, 2.05) is 17.5 Å². The van der Waals surface area contributed by atoms with Crippen LogP contribution in [0, 0.1) is 0 Å². The van der Waals surface area contributed by atoms with E-state index in [0.29, 0.717) is 23.8 Å². The molecule has 0 saturated heterocycles. The molecule has 0 unspecified atom stereocenters. The lowest BCUT2D eigenvalue weighted by atomic mass is 9.86. The number of benzene rings is 2. The number of nitrogens with one attached hydrogen (secondary N) is 1. The van der Waals surface area contributed by atoms with Crippen LogP contribution in [0.4, 0.5) is 5.13 Å². The standard InChI is InChI=1S/C24H29N3O3S2/c1-6-27(7-2)32(29,30)20-14-10-18(11-15-20)22(28)26-23-25-21(16-31-23)17-8-12-19(13-9-17)24(3,4)5/h8-16H,6-7H2,1-5H3,(H,25,26,28). The van der Waals surface area contributed by atoms with Crippen LogP contribution in [0.1, 0.15) is 50.5 Å². The van der Waals surface area contributed by atoms with Crippen LogP contribution >= 0.6 is 11.3 Å².